The van der Waals surface area contributed by atoms with Crippen LogP contribution in [0.2, 0.25) is 0 Å². The van der Waals surface area contributed by atoms with E-state index in [1.54, 1.807) is 32.9 Å². The monoisotopic (exact) mass is 293 g/mol. The zero-order chi connectivity index (χ0) is 15.6. The van der Waals surface area contributed by atoms with Crippen molar-refractivity contribution in [1.82, 2.24) is 5.32 Å². The van der Waals surface area contributed by atoms with Crippen molar-refractivity contribution < 1.29 is 24.2 Å². The van der Waals surface area contributed by atoms with Crippen molar-refractivity contribution in [2.45, 2.75) is 38.8 Å². The van der Waals surface area contributed by atoms with Crippen LogP contribution in [0.4, 0.5) is 4.79 Å². The van der Waals surface area contributed by atoms with Crippen molar-refractivity contribution in [3.05, 3.63) is 29.3 Å². The highest BCUT2D eigenvalue weighted by Crippen LogP contribution is 2.35. The summed E-state index contributed by atoms with van der Waals surface area (Å²) in [5, 5.41) is 11.9. The van der Waals surface area contributed by atoms with Gasteiger partial charge in [-0.05, 0) is 26.8 Å². The molecule has 0 fully saturated rings. The highest BCUT2D eigenvalue weighted by Gasteiger charge is 2.28. The molecule has 2 rings (SSSR count). The van der Waals surface area contributed by atoms with E-state index in [0.29, 0.717) is 24.3 Å². The molecule has 0 saturated heterocycles. The Balaban J connectivity index is 2.21. The second-order valence-corrected chi connectivity index (χ2v) is 5.87. The van der Waals surface area contributed by atoms with E-state index in [1.165, 1.54) is 6.07 Å². The van der Waals surface area contributed by atoms with Crippen LogP contribution in [0.25, 0.3) is 0 Å². The van der Waals surface area contributed by atoms with Crippen LogP contribution in [0.1, 0.15) is 49.2 Å². The number of carboxylic acid groups (broad SMARTS) is 1. The lowest BCUT2D eigenvalue weighted by atomic mass is 9.97. The molecule has 1 atom stereocenters. The van der Waals surface area contributed by atoms with E-state index in [9.17, 15) is 9.59 Å². The van der Waals surface area contributed by atoms with Crippen LogP contribution in [0, 0.1) is 0 Å². The number of amides is 1. The average molecular weight is 293 g/mol. The maximum absolute atomic E-state index is 11.9. The van der Waals surface area contributed by atoms with Crippen LogP contribution in [0.5, 0.6) is 5.75 Å². The smallest absolute Gasteiger partial charge is 0.408 e. The molecule has 1 amide bonds. The van der Waals surface area contributed by atoms with Gasteiger partial charge in [0.05, 0.1) is 12.6 Å². The Labute approximate surface area is 123 Å². The topological polar surface area (TPSA) is 84.9 Å². The second kappa shape index (κ2) is 5.63. The van der Waals surface area contributed by atoms with Crippen LogP contribution in [0.3, 0.4) is 0 Å². The molecule has 0 radical (unpaired) electrons. The van der Waals surface area contributed by atoms with Crippen molar-refractivity contribution in [2.24, 2.45) is 0 Å². The number of para-hydroxylation sites is 1. The van der Waals surface area contributed by atoms with Gasteiger partial charge in [0.25, 0.3) is 0 Å². The number of hydrogen-bond acceptors (Lipinski definition) is 4. The fourth-order valence-corrected chi connectivity index (χ4v) is 2.19. The number of ether oxygens (including phenoxy) is 2. The van der Waals surface area contributed by atoms with Crippen LogP contribution in [-0.4, -0.2) is 29.4 Å². The van der Waals surface area contributed by atoms with Crippen molar-refractivity contribution in [3.63, 3.8) is 0 Å². The molecule has 0 spiro atoms. The number of fused-ring (bicyclic) bond motifs is 1. The number of alkyl carbamates (subject to hydrolysis) is 1. The van der Waals surface area contributed by atoms with E-state index in [-0.39, 0.29) is 11.6 Å². The van der Waals surface area contributed by atoms with E-state index in [4.69, 9.17) is 14.6 Å². The summed E-state index contributed by atoms with van der Waals surface area (Å²) in [6.45, 7) is 5.70. The Hall–Kier alpha value is -2.24. The van der Waals surface area contributed by atoms with Gasteiger partial charge in [-0.25, -0.2) is 9.59 Å². The van der Waals surface area contributed by atoms with Gasteiger partial charge in [-0.2, -0.15) is 0 Å². The Morgan fingerprint density at radius 3 is 2.71 bits per heavy atom. The third kappa shape index (κ3) is 3.65. The quantitative estimate of drug-likeness (QED) is 0.875. The third-order valence-corrected chi connectivity index (χ3v) is 3.00. The molecule has 0 saturated carbocycles. The molecular weight excluding hydrogens is 274 g/mol. The van der Waals surface area contributed by atoms with E-state index < -0.39 is 17.7 Å². The fourth-order valence-electron chi connectivity index (χ4n) is 2.19. The number of carboxylic acids is 1. The first-order chi connectivity index (χ1) is 9.78. The van der Waals surface area contributed by atoms with Gasteiger partial charge >= 0.3 is 12.1 Å². The lowest BCUT2D eigenvalue weighted by Crippen LogP contribution is -2.37. The lowest BCUT2D eigenvalue weighted by molar-refractivity contribution is 0.0491. The Bertz CT molecular complexity index is 562. The van der Waals surface area contributed by atoms with Gasteiger partial charge in [0.2, 0.25) is 0 Å². The molecule has 1 aliphatic rings. The van der Waals surface area contributed by atoms with E-state index >= 15 is 0 Å². The van der Waals surface area contributed by atoms with Crippen LogP contribution >= 0.6 is 0 Å². The summed E-state index contributed by atoms with van der Waals surface area (Å²) in [5.41, 5.74) is 0.177. The Kier molecular flexibility index (Phi) is 4.06. The predicted octanol–water partition coefficient (Wildman–Crippen LogP) is 2.73. The zero-order valence-corrected chi connectivity index (χ0v) is 12.3. The van der Waals surface area contributed by atoms with Crippen molar-refractivity contribution in [1.29, 1.82) is 0 Å². The molecule has 0 aliphatic carbocycles. The van der Waals surface area contributed by atoms with Crippen molar-refractivity contribution >= 4 is 12.1 Å². The first kappa shape index (κ1) is 15.2. The number of carbonyl (C=O) groups excluding carboxylic acids is 1. The number of rotatable bonds is 2. The summed E-state index contributed by atoms with van der Waals surface area (Å²) in [4.78, 5) is 23.1. The molecule has 21 heavy (non-hydrogen) atoms. The summed E-state index contributed by atoms with van der Waals surface area (Å²) in [5.74, 6) is -0.734. The SMILES string of the molecule is CC(C)(C)OC(=O)N[C@H]1CCOc2c(C(=O)O)cccc21. The minimum Gasteiger partial charge on any atom is -0.492 e. The summed E-state index contributed by atoms with van der Waals surface area (Å²) < 4.78 is 10.7. The molecule has 1 aromatic carbocycles. The molecule has 0 unspecified atom stereocenters. The van der Waals surface area contributed by atoms with Gasteiger partial charge in [-0.3, -0.25) is 0 Å². The summed E-state index contributed by atoms with van der Waals surface area (Å²) in [6, 6.07) is 4.56. The van der Waals surface area contributed by atoms with E-state index in [1.807, 2.05) is 0 Å². The molecule has 2 N–H and O–H groups in total. The standard InChI is InChI=1S/C15H19NO5/c1-15(2,3)21-14(19)16-11-7-8-20-12-9(11)5-4-6-10(12)13(17)18/h4-6,11H,7-8H2,1-3H3,(H,16,19)(H,17,18)/t11-/m0/s1. The highest BCUT2D eigenvalue weighted by molar-refractivity contribution is 5.91. The molecule has 6 heteroatoms. The van der Waals surface area contributed by atoms with Gasteiger partial charge < -0.3 is 19.9 Å². The normalized spacial score (nSPS) is 17.4. The second-order valence-electron chi connectivity index (χ2n) is 5.87. The summed E-state index contributed by atoms with van der Waals surface area (Å²) in [7, 11) is 0. The van der Waals surface area contributed by atoms with Crippen LogP contribution in [0.15, 0.2) is 18.2 Å². The molecular formula is C15H19NO5. The predicted molar refractivity (Wildman–Crippen MR) is 75.6 cm³/mol. The Morgan fingerprint density at radius 1 is 1.38 bits per heavy atom. The maximum atomic E-state index is 11.9. The van der Waals surface area contributed by atoms with Crippen molar-refractivity contribution in [2.75, 3.05) is 6.61 Å². The Morgan fingerprint density at radius 2 is 2.10 bits per heavy atom. The van der Waals surface area contributed by atoms with Gasteiger partial charge in [-0.15, -0.1) is 0 Å². The lowest BCUT2D eigenvalue weighted by Gasteiger charge is -2.28. The number of carbonyl (C=O) groups is 2. The molecule has 1 heterocycles. The molecule has 114 valence electrons. The molecule has 6 nitrogen and oxygen atoms in total. The number of nitrogens with one attached hydrogen (secondary N) is 1. The third-order valence-electron chi connectivity index (χ3n) is 3.00. The maximum Gasteiger partial charge on any atom is 0.408 e. The molecule has 1 aliphatic heterocycles. The fraction of sp³-hybridized carbons (Fsp3) is 0.467. The largest absolute Gasteiger partial charge is 0.492 e. The molecule has 0 aromatic heterocycles. The van der Waals surface area contributed by atoms with Crippen molar-refractivity contribution in [3.8, 4) is 5.75 Å². The van der Waals surface area contributed by atoms with Gasteiger partial charge in [0, 0.05) is 12.0 Å². The highest BCUT2D eigenvalue weighted by atomic mass is 16.6. The minimum absolute atomic E-state index is 0.100. The minimum atomic E-state index is -1.05. The first-order valence-corrected chi connectivity index (χ1v) is 6.76. The zero-order valence-electron chi connectivity index (χ0n) is 12.3. The van der Waals surface area contributed by atoms with Gasteiger partial charge in [0.1, 0.15) is 16.9 Å². The summed E-state index contributed by atoms with van der Waals surface area (Å²) in [6.07, 6.45) is 0.0380. The van der Waals surface area contributed by atoms with Crippen LogP contribution < -0.4 is 10.1 Å². The van der Waals surface area contributed by atoms with Crippen LogP contribution in [-0.2, 0) is 4.74 Å². The number of benzene rings is 1. The first-order valence-electron chi connectivity index (χ1n) is 6.76. The number of hydrogen-bond donors (Lipinski definition) is 2. The van der Waals surface area contributed by atoms with E-state index in [0.717, 1.165) is 0 Å². The van der Waals surface area contributed by atoms with Gasteiger partial charge in [0.15, 0.2) is 0 Å². The van der Waals surface area contributed by atoms with E-state index in [2.05, 4.69) is 5.32 Å². The molecule has 0 bridgehead atoms. The average Bonchev–Trinajstić information content (AvgIpc) is 2.36. The summed E-state index contributed by atoms with van der Waals surface area (Å²) >= 11 is 0. The molecule has 1 aromatic rings. The van der Waals surface area contributed by atoms with Gasteiger partial charge in [-0.1, -0.05) is 12.1 Å². The number of aromatic carboxylic acids is 1.